The van der Waals surface area contributed by atoms with Gasteiger partial charge >= 0.3 is 0 Å². The zero-order valence-electron chi connectivity index (χ0n) is 11.0. The molecule has 8 heteroatoms. The van der Waals surface area contributed by atoms with E-state index in [0.717, 1.165) is 12.5 Å². The summed E-state index contributed by atoms with van der Waals surface area (Å²) in [6, 6.07) is 4.85. The van der Waals surface area contributed by atoms with Crippen LogP contribution < -0.4 is 10.4 Å². The lowest BCUT2D eigenvalue weighted by molar-refractivity contribution is -0.307. The SMILES string of the molecule is CC(=O)NC(CSS(=O)(=O)c1ccc(C)cc1)C(=O)[O-]. The molecule has 0 aromatic heterocycles. The summed E-state index contributed by atoms with van der Waals surface area (Å²) in [6.07, 6.45) is 0. The third kappa shape index (κ3) is 4.86. The van der Waals surface area contributed by atoms with E-state index in [-0.39, 0.29) is 10.6 Å². The highest BCUT2D eigenvalue weighted by molar-refractivity contribution is 8.72. The first-order chi connectivity index (χ1) is 9.22. The van der Waals surface area contributed by atoms with E-state index in [9.17, 15) is 23.1 Å². The first-order valence-electron chi connectivity index (χ1n) is 5.66. The van der Waals surface area contributed by atoms with Crippen molar-refractivity contribution in [2.45, 2.75) is 24.8 Å². The highest BCUT2D eigenvalue weighted by atomic mass is 33.1. The molecule has 0 spiro atoms. The Hall–Kier alpha value is -1.54. The Morgan fingerprint density at radius 3 is 2.30 bits per heavy atom. The van der Waals surface area contributed by atoms with E-state index in [4.69, 9.17) is 0 Å². The summed E-state index contributed by atoms with van der Waals surface area (Å²) in [4.78, 5) is 21.7. The normalized spacial score (nSPS) is 12.7. The fraction of sp³-hybridized carbons (Fsp3) is 0.333. The third-order valence-corrected chi connectivity index (χ3v) is 5.91. The molecule has 1 amide bonds. The number of carboxylic acid groups (broad SMARTS) is 1. The van der Waals surface area contributed by atoms with Crippen molar-refractivity contribution in [1.29, 1.82) is 0 Å². The highest BCUT2D eigenvalue weighted by Gasteiger charge is 2.19. The number of amides is 1. The number of rotatable bonds is 6. The second kappa shape index (κ2) is 6.76. The summed E-state index contributed by atoms with van der Waals surface area (Å²) >= 11 is 0. The molecule has 6 nitrogen and oxygen atoms in total. The Bertz CT molecular complexity index is 595. The largest absolute Gasteiger partial charge is 0.548 e. The van der Waals surface area contributed by atoms with Gasteiger partial charge in [0.15, 0.2) is 0 Å². The van der Waals surface area contributed by atoms with Crippen molar-refractivity contribution < 1.29 is 23.1 Å². The number of carbonyl (C=O) groups excluding carboxylic acids is 2. The summed E-state index contributed by atoms with van der Waals surface area (Å²) in [5, 5.41) is 12.9. The van der Waals surface area contributed by atoms with Crippen LogP contribution in [0.15, 0.2) is 29.2 Å². The molecule has 0 saturated carbocycles. The molecular formula is C12H14NO5S2-. The van der Waals surface area contributed by atoms with Gasteiger partial charge in [0.2, 0.25) is 14.8 Å². The van der Waals surface area contributed by atoms with Crippen molar-refractivity contribution in [2.75, 3.05) is 5.75 Å². The molecule has 1 N–H and O–H groups in total. The minimum Gasteiger partial charge on any atom is -0.548 e. The molecule has 0 radical (unpaired) electrons. The van der Waals surface area contributed by atoms with Crippen molar-refractivity contribution in [3.8, 4) is 0 Å². The minimum absolute atomic E-state index is 0.0908. The average Bonchev–Trinajstić information content (AvgIpc) is 2.34. The molecule has 0 heterocycles. The summed E-state index contributed by atoms with van der Waals surface area (Å²) in [6.45, 7) is 2.97. The third-order valence-electron chi connectivity index (χ3n) is 2.36. The molecule has 0 saturated heterocycles. The molecule has 1 unspecified atom stereocenters. The Morgan fingerprint density at radius 1 is 1.30 bits per heavy atom. The van der Waals surface area contributed by atoms with E-state index in [0.29, 0.717) is 10.8 Å². The van der Waals surface area contributed by atoms with Gasteiger partial charge in [0.25, 0.3) is 0 Å². The summed E-state index contributed by atoms with van der Waals surface area (Å²) < 4.78 is 24.0. The molecule has 1 aromatic rings. The van der Waals surface area contributed by atoms with Crippen LogP contribution >= 0.6 is 10.8 Å². The van der Waals surface area contributed by atoms with Crippen molar-refractivity contribution in [3.05, 3.63) is 29.8 Å². The molecule has 0 fully saturated rings. The fourth-order valence-corrected chi connectivity index (χ4v) is 4.17. The first-order valence-corrected chi connectivity index (χ1v) is 8.65. The van der Waals surface area contributed by atoms with Gasteiger partial charge in [-0.2, -0.15) is 0 Å². The molecule has 110 valence electrons. The van der Waals surface area contributed by atoms with Crippen molar-refractivity contribution in [2.24, 2.45) is 0 Å². The predicted molar refractivity (Wildman–Crippen MR) is 73.4 cm³/mol. The van der Waals surface area contributed by atoms with Crippen LogP contribution in [0.4, 0.5) is 0 Å². The van der Waals surface area contributed by atoms with Crippen LogP contribution in [0, 0.1) is 6.92 Å². The van der Waals surface area contributed by atoms with E-state index in [1.165, 1.54) is 12.1 Å². The van der Waals surface area contributed by atoms with Crippen LogP contribution in [0.5, 0.6) is 0 Å². The fourth-order valence-electron chi connectivity index (χ4n) is 1.34. The number of carbonyl (C=O) groups is 2. The molecule has 1 rings (SSSR count). The molecule has 0 aliphatic rings. The van der Waals surface area contributed by atoms with Crippen LogP contribution in [0.1, 0.15) is 12.5 Å². The smallest absolute Gasteiger partial charge is 0.230 e. The zero-order valence-corrected chi connectivity index (χ0v) is 12.6. The molecule has 1 aromatic carbocycles. The highest BCUT2D eigenvalue weighted by Crippen LogP contribution is 2.24. The molecule has 0 bridgehead atoms. The van der Waals surface area contributed by atoms with Crippen LogP contribution in [0.25, 0.3) is 0 Å². The number of benzene rings is 1. The summed E-state index contributed by atoms with van der Waals surface area (Å²) in [5.74, 6) is -2.41. The maximum absolute atomic E-state index is 12.0. The zero-order chi connectivity index (χ0) is 15.3. The number of aryl methyl sites for hydroxylation is 1. The van der Waals surface area contributed by atoms with Gasteiger partial charge in [0.05, 0.1) is 16.9 Å². The lowest BCUT2D eigenvalue weighted by atomic mass is 10.2. The van der Waals surface area contributed by atoms with Gasteiger partial charge in [-0.3, -0.25) is 4.79 Å². The van der Waals surface area contributed by atoms with Crippen LogP contribution in [0.2, 0.25) is 0 Å². The van der Waals surface area contributed by atoms with Crippen LogP contribution in [0.3, 0.4) is 0 Å². The minimum atomic E-state index is -3.67. The van der Waals surface area contributed by atoms with Crippen LogP contribution in [-0.2, 0) is 18.5 Å². The quantitative estimate of drug-likeness (QED) is 0.721. The van der Waals surface area contributed by atoms with Crippen molar-refractivity contribution >= 4 is 31.5 Å². The Morgan fingerprint density at radius 2 is 1.85 bits per heavy atom. The van der Waals surface area contributed by atoms with Crippen LogP contribution in [-0.4, -0.2) is 32.1 Å². The van der Waals surface area contributed by atoms with Gasteiger partial charge in [0.1, 0.15) is 0 Å². The molecule has 1 atom stereocenters. The number of hydrogen-bond acceptors (Lipinski definition) is 6. The maximum atomic E-state index is 12.0. The molecule has 20 heavy (non-hydrogen) atoms. The topological polar surface area (TPSA) is 103 Å². The summed E-state index contributed by atoms with van der Waals surface area (Å²) in [5.41, 5.74) is 0.916. The molecular weight excluding hydrogens is 302 g/mol. The van der Waals surface area contributed by atoms with Gasteiger partial charge in [-0.1, -0.05) is 17.7 Å². The maximum Gasteiger partial charge on any atom is 0.230 e. The van der Waals surface area contributed by atoms with Gasteiger partial charge in [0, 0.05) is 12.7 Å². The number of hydrogen-bond donors (Lipinski definition) is 1. The van der Waals surface area contributed by atoms with E-state index in [1.54, 1.807) is 12.1 Å². The van der Waals surface area contributed by atoms with Gasteiger partial charge in [-0.15, -0.1) is 0 Å². The van der Waals surface area contributed by atoms with E-state index >= 15 is 0 Å². The monoisotopic (exact) mass is 316 g/mol. The lowest BCUT2D eigenvalue weighted by Crippen LogP contribution is -2.48. The molecule has 0 aliphatic heterocycles. The number of carboxylic acids is 1. The number of aliphatic carboxylic acids is 1. The average molecular weight is 316 g/mol. The van der Waals surface area contributed by atoms with Gasteiger partial charge in [-0.05, 0) is 29.9 Å². The van der Waals surface area contributed by atoms with Gasteiger partial charge in [-0.25, -0.2) is 8.42 Å². The second-order valence-corrected chi connectivity index (χ2v) is 8.10. The predicted octanol–water partition coefficient (Wildman–Crippen LogP) is -0.328. The Balaban J connectivity index is 2.78. The van der Waals surface area contributed by atoms with Crippen molar-refractivity contribution in [1.82, 2.24) is 5.32 Å². The van der Waals surface area contributed by atoms with E-state index in [2.05, 4.69) is 5.32 Å². The van der Waals surface area contributed by atoms with Crippen molar-refractivity contribution in [3.63, 3.8) is 0 Å². The van der Waals surface area contributed by atoms with E-state index in [1.807, 2.05) is 6.92 Å². The Kier molecular flexibility index (Phi) is 5.58. The van der Waals surface area contributed by atoms with Gasteiger partial charge < -0.3 is 15.2 Å². The second-order valence-electron chi connectivity index (χ2n) is 4.12. The Labute approximate surface area is 120 Å². The summed E-state index contributed by atoms with van der Waals surface area (Å²) in [7, 11) is -3.21. The molecule has 0 aliphatic carbocycles. The first kappa shape index (κ1) is 16.5. The van der Waals surface area contributed by atoms with E-state index < -0.39 is 26.8 Å². The standard InChI is InChI=1S/C12H15NO5S2/c1-8-3-5-10(6-4-8)20(17,18)19-7-11(12(15)16)13-9(2)14/h3-6,11H,7H2,1-2H3,(H,13,14)(H,15,16)/p-1. The lowest BCUT2D eigenvalue weighted by Gasteiger charge is -2.18. The number of nitrogens with one attached hydrogen (secondary N) is 1.